The van der Waals surface area contributed by atoms with Crippen LogP contribution in [0, 0.1) is 10.1 Å². The summed E-state index contributed by atoms with van der Waals surface area (Å²) in [5.74, 6) is 0.403. The van der Waals surface area contributed by atoms with Gasteiger partial charge in [0.05, 0.1) is 9.82 Å². The molecule has 0 saturated carbocycles. The van der Waals surface area contributed by atoms with E-state index in [9.17, 15) is 18.5 Å². The molecule has 2 aromatic carbocycles. The Balaban J connectivity index is 1.95. The van der Waals surface area contributed by atoms with Gasteiger partial charge in [-0.15, -0.1) is 0 Å². The monoisotopic (exact) mass is 440 g/mol. The summed E-state index contributed by atoms with van der Waals surface area (Å²) in [5.41, 5.74) is -0.386. The Morgan fingerprint density at radius 1 is 1.08 bits per heavy atom. The molecule has 26 heavy (non-hydrogen) atoms. The van der Waals surface area contributed by atoms with Gasteiger partial charge in [-0.3, -0.25) is 10.1 Å². The van der Waals surface area contributed by atoms with Crippen LogP contribution < -0.4 is 4.74 Å². The van der Waals surface area contributed by atoms with Crippen LogP contribution in [0.3, 0.4) is 0 Å². The van der Waals surface area contributed by atoms with Crippen molar-refractivity contribution >= 4 is 31.6 Å². The molecule has 1 aliphatic heterocycles. The van der Waals surface area contributed by atoms with Crippen molar-refractivity contribution in [1.82, 2.24) is 4.31 Å². The van der Waals surface area contributed by atoms with Crippen molar-refractivity contribution < 1.29 is 18.1 Å². The van der Waals surface area contributed by atoms with E-state index in [1.165, 1.54) is 16.4 Å². The van der Waals surface area contributed by atoms with Gasteiger partial charge >= 0.3 is 5.69 Å². The number of piperidine rings is 1. The Labute approximate surface area is 159 Å². The van der Waals surface area contributed by atoms with Gasteiger partial charge in [0, 0.05) is 23.6 Å². The predicted octanol–water partition coefficient (Wildman–Crippen LogP) is 4.32. The molecule has 1 saturated heterocycles. The summed E-state index contributed by atoms with van der Waals surface area (Å²) in [6.45, 7) is 0.874. The lowest BCUT2D eigenvalue weighted by Gasteiger charge is -2.25. The minimum atomic E-state index is -3.75. The van der Waals surface area contributed by atoms with Crippen molar-refractivity contribution in [2.45, 2.75) is 24.2 Å². The molecule has 7 nitrogen and oxygen atoms in total. The van der Waals surface area contributed by atoms with Crippen LogP contribution in [0.4, 0.5) is 5.69 Å². The summed E-state index contributed by atoms with van der Waals surface area (Å²) in [4.78, 5) is 10.7. The minimum absolute atomic E-state index is 0.00862. The van der Waals surface area contributed by atoms with Crippen LogP contribution in [0.1, 0.15) is 19.3 Å². The maximum Gasteiger partial charge on any atom is 0.312 e. The van der Waals surface area contributed by atoms with Gasteiger partial charge in [0.2, 0.25) is 15.8 Å². The van der Waals surface area contributed by atoms with Crippen molar-refractivity contribution in [3.8, 4) is 11.5 Å². The molecule has 1 aliphatic rings. The number of rotatable bonds is 5. The number of ether oxygens (including phenoxy) is 1. The molecule has 0 spiro atoms. The average molecular weight is 441 g/mol. The number of nitro benzene ring substituents is 1. The van der Waals surface area contributed by atoms with Crippen molar-refractivity contribution in [2.75, 3.05) is 13.1 Å². The molecule has 1 heterocycles. The van der Waals surface area contributed by atoms with E-state index in [0.29, 0.717) is 18.8 Å². The summed E-state index contributed by atoms with van der Waals surface area (Å²) < 4.78 is 33.2. The third kappa shape index (κ3) is 4.05. The lowest BCUT2D eigenvalue weighted by atomic mass is 10.2. The van der Waals surface area contributed by atoms with Crippen molar-refractivity contribution in [2.24, 2.45) is 0 Å². The van der Waals surface area contributed by atoms with Gasteiger partial charge in [0.15, 0.2) is 0 Å². The summed E-state index contributed by atoms with van der Waals surface area (Å²) >= 11 is 3.31. The van der Waals surface area contributed by atoms with Crippen LogP contribution in [0.25, 0.3) is 0 Å². The summed E-state index contributed by atoms with van der Waals surface area (Å²) in [7, 11) is -3.75. The molecule has 2 aromatic rings. The molecule has 0 amide bonds. The number of halogens is 1. The summed E-state index contributed by atoms with van der Waals surface area (Å²) in [5, 5.41) is 11.4. The van der Waals surface area contributed by atoms with Crippen LogP contribution in [0.5, 0.6) is 11.5 Å². The second-order valence-corrected chi connectivity index (χ2v) is 8.76. The van der Waals surface area contributed by atoms with Crippen molar-refractivity contribution in [3.63, 3.8) is 0 Å². The first kappa shape index (κ1) is 18.8. The first-order valence-electron chi connectivity index (χ1n) is 8.10. The maximum absolute atomic E-state index is 12.7. The molecule has 0 aromatic heterocycles. The Morgan fingerprint density at radius 3 is 2.46 bits per heavy atom. The van der Waals surface area contributed by atoms with E-state index in [-0.39, 0.29) is 16.3 Å². The highest BCUT2D eigenvalue weighted by atomic mass is 79.9. The van der Waals surface area contributed by atoms with Crippen molar-refractivity contribution in [3.05, 3.63) is 57.1 Å². The van der Waals surface area contributed by atoms with Crippen LogP contribution in [0.2, 0.25) is 0 Å². The van der Waals surface area contributed by atoms with Gasteiger partial charge in [0.1, 0.15) is 5.75 Å². The van der Waals surface area contributed by atoms with Crippen LogP contribution in [0.15, 0.2) is 51.8 Å². The minimum Gasteiger partial charge on any atom is -0.450 e. The molecule has 0 radical (unpaired) electrons. The van der Waals surface area contributed by atoms with Crippen LogP contribution >= 0.6 is 15.9 Å². The summed E-state index contributed by atoms with van der Waals surface area (Å²) in [6.07, 6.45) is 2.59. The fourth-order valence-electron chi connectivity index (χ4n) is 2.80. The number of nitrogens with zero attached hydrogens (tertiary/aromatic N) is 2. The van der Waals surface area contributed by atoms with Gasteiger partial charge < -0.3 is 4.74 Å². The summed E-state index contributed by atoms with van der Waals surface area (Å²) in [6, 6.07) is 10.6. The molecule has 9 heteroatoms. The fraction of sp³-hybridized carbons (Fsp3) is 0.294. The van der Waals surface area contributed by atoms with Crippen molar-refractivity contribution in [1.29, 1.82) is 0 Å². The first-order chi connectivity index (χ1) is 12.4. The highest BCUT2D eigenvalue weighted by Crippen LogP contribution is 2.35. The third-order valence-corrected chi connectivity index (χ3v) is 6.49. The topological polar surface area (TPSA) is 89.8 Å². The number of benzene rings is 2. The Hall–Kier alpha value is -1.97. The van der Waals surface area contributed by atoms with Crippen LogP contribution in [-0.2, 0) is 10.0 Å². The van der Waals surface area contributed by atoms with E-state index < -0.39 is 14.9 Å². The number of hydrogen-bond acceptors (Lipinski definition) is 5. The first-order valence-corrected chi connectivity index (χ1v) is 10.3. The second kappa shape index (κ2) is 7.73. The predicted molar refractivity (Wildman–Crippen MR) is 99.9 cm³/mol. The molecule has 0 aliphatic carbocycles. The smallest absolute Gasteiger partial charge is 0.312 e. The highest BCUT2D eigenvalue weighted by Gasteiger charge is 2.29. The van der Waals surface area contributed by atoms with Crippen LogP contribution in [-0.4, -0.2) is 30.7 Å². The normalized spacial score (nSPS) is 15.6. The molecule has 1 fully saturated rings. The van der Waals surface area contributed by atoms with E-state index in [1.54, 1.807) is 24.3 Å². The fourth-order valence-corrected chi connectivity index (χ4v) is 4.71. The molecular formula is C17H17BrN2O5S. The van der Waals surface area contributed by atoms with Gasteiger partial charge in [0.25, 0.3) is 0 Å². The third-order valence-electron chi connectivity index (χ3n) is 4.10. The molecular weight excluding hydrogens is 424 g/mol. The van der Waals surface area contributed by atoms with E-state index in [0.717, 1.165) is 29.8 Å². The average Bonchev–Trinajstić information content (AvgIpc) is 2.62. The van der Waals surface area contributed by atoms with Gasteiger partial charge in [-0.1, -0.05) is 28.4 Å². The Kier molecular flexibility index (Phi) is 5.59. The number of hydrogen-bond donors (Lipinski definition) is 0. The highest BCUT2D eigenvalue weighted by molar-refractivity contribution is 9.10. The molecule has 0 bridgehead atoms. The number of nitro groups is 1. The number of sulfonamides is 1. The van der Waals surface area contributed by atoms with E-state index in [2.05, 4.69) is 15.9 Å². The zero-order valence-electron chi connectivity index (χ0n) is 13.8. The van der Waals surface area contributed by atoms with Gasteiger partial charge in [-0.05, 0) is 43.2 Å². The second-order valence-electron chi connectivity index (χ2n) is 5.91. The molecule has 0 atom stereocenters. The molecule has 138 valence electrons. The SMILES string of the molecule is O=[N+]([O-])c1cc(S(=O)(=O)N2CCCCC2)ccc1Oc1cccc(Br)c1. The van der Waals surface area contributed by atoms with E-state index in [4.69, 9.17) is 4.74 Å². The molecule has 0 unspecified atom stereocenters. The lowest BCUT2D eigenvalue weighted by Crippen LogP contribution is -2.35. The van der Waals surface area contributed by atoms with Gasteiger partial charge in [-0.25, -0.2) is 8.42 Å². The maximum atomic E-state index is 12.7. The zero-order chi connectivity index (χ0) is 18.7. The Morgan fingerprint density at radius 2 is 1.81 bits per heavy atom. The van der Waals surface area contributed by atoms with Gasteiger partial charge in [-0.2, -0.15) is 4.31 Å². The van der Waals surface area contributed by atoms with E-state index >= 15 is 0 Å². The lowest BCUT2D eigenvalue weighted by molar-refractivity contribution is -0.385. The quantitative estimate of drug-likeness (QED) is 0.509. The van der Waals surface area contributed by atoms with E-state index in [1.807, 2.05) is 0 Å². The standard InChI is InChI=1S/C17H17BrN2O5S/c18-13-5-4-6-14(11-13)25-17-8-7-15(12-16(17)20(21)22)26(23,24)19-9-2-1-3-10-19/h4-8,11-12H,1-3,9-10H2. The molecule has 0 N–H and O–H groups in total. The zero-order valence-corrected chi connectivity index (χ0v) is 16.2. The Bertz CT molecular complexity index is 927. The molecule has 3 rings (SSSR count). The largest absolute Gasteiger partial charge is 0.450 e.